The average molecular weight is 304 g/mol. The van der Waals surface area contributed by atoms with Crippen LogP contribution in [-0.4, -0.2) is 51.6 Å². The van der Waals surface area contributed by atoms with Crippen LogP contribution in [0.2, 0.25) is 0 Å². The lowest BCUT2D eigenvalue weighted by Gasteiger charge is -2.29. The van der Waals surface area contributed by atoms with Gasteiger partial charge in [0, 0.05) is 13.1 Å². The molecule has 7 heteroatoms. The second-order valence-electron chi connectivity index (χ2n) is 5.77. The molecule has 2 heterocycles. The minimum Gasteiger partial charge on any atom is -0.392 e. The van der Waals surface area contributed by atoms with E-state index in [1.165, 1.54) is 0 Å². The number of H-pyrrole nitrogens is 2. The number of hydrogen-bond donors (Lipinski definition) is 4. The Morgan fingerprint density at radius 3 is 3.00 bits per heavy atom. The van der Waals surface area contributed by atoms with Gasteiger partial charge in [0.25, 0.3) is 0 Å². The van der Waals surface area contributed by atoms with E-state index < -0.39 is 0 Å². The molecule has 1 amide bonds. The van der Waals surface area contributed by atoms with Crippen molar-refractivity contribution in [1.82, 2.24) is 20.2 Å². The van der Waals surface area contributed by atoms with Crippen molar-refractivity contribution in [3.63, 3.8) is 0 Å². The molecule has 1 fully saturated rings. The minimum atomic E-state index is -0.325. The molecule has 0 spiro atoms. The highest BCUT2D eigenvalue weighted by Crippen LogP contribution is 2.11. The lowest BCUT2D eigenvalue weighted by Crippen LogP contribution is -2.44. The Bertz CT molecular complexity index is 721. The van der Waals surface area contributed by atoms with Gasteiger partial charge in [-0.3, -0.25) is 9.69 Å². The Morgan fingerprint density at radius 2 is 2.18 bits per heavy atom. The summed E-state index contributed by atoms with van der Waals surface area (Å²) < 4.78 is 0. The number of hydrogen-bond acceptors (Lipinski definition) is 4. The highest BCUT2D eigenvalue weighted by Gasteiger charge is 2.19. The number of rotatable bonds is 4. The molecule has 1 aliphatic heterocycles. The molecule has 22 heavy (non-hydrogen) atoms. The Morgan fingerprint density at radius 1 is 1.36 bits per heavy atom. The van der Waals surface area contributed by atoms with Gasteiger partial charge in [-0.1, -0.05) is 6.07 Å². The fraction of sp³-hybridized carbons (Fsp3) is 0.467. The molecule has 0 bridgehead atoms. The van der Waals surface area contributed by atoms with E-state index in [4.69, 9.17) is 0 Å². The number of nitrogens with one attached hydrogen (secondary N) is 3. The predicted molar refractivity (Wildman–Crippen MR) is 82.4 cm³/mol. The van der Waals surface area contributed by atoms with Crippen LogP contribution in [0.1, 0.15) is 18.4 Å². The summed E-state index contributed by atoms with van der Waals surface area (Å²) in [5, 5.41) is 12.5. The maximum atomic E-state index is 12.0. The molecule has 0 saturated carbocycles. The molecule has 1 aromatic carbocycles. The predicted octanol–water partition coefficient (Wildman–Crippen LogP) is -0.0709. The number of amides is 1. The molecule has 0 radical (unpaired) electrons. The van der Waals surface area contributed by atoms with E-state index >= 15 is 0 Å². The second kappa shape index (κ2) is 6.33. The molecule has 0 aliphatic carbocycles. The fourth-order valence-corrected chi connectivity index (χ4v) is 2.82. The highest BCUT2D eigenvalue weighted by atomic mass is 16.3. The van der Waals surface area contributed by atoms with E-state index in [0.29, 0.717) is 19.6 Å². The van der Waals surface area contributed by atoms with Crippen molar-refractivity contribution in [3.05, 3.63) is 34.2 Å². The first kappa shape index (κ1) is 14.8. The summed E-state index contributed by atoms with van der Waals surface area (Å²) in [5.41, 5.74) is 2.17. The number of likely N-dealkylation sites (tertiary alicyclic amines) is 1. The largest absolute Gasteiger partial charge is 0.392 e. The number of aliphatic hydroxyl groups is 1. The number of aliphatic hydroxyl groups excluding tert-OH is 1. The number of carbonyl (C=O) groups excluding carboxylic acids is 1. The molecule has 3 rings (SSSR count). The summed E-state index contributed by atoms with van der Waals surface area (Å²) in [6.45, 7) is 2.13. The van der Waals surface area contributed by atoms with Crippen LogP contribution < -0.4 is 11.0 Å². The molecule has 4 N–H and O–H groups in total. The third-order valence-corrected chi connectivity index (χ3v) is 3.92. The van der Waals surface area contributed by atoms with Gasteiger partial charge >= 0.3 is 5.69 Å². The van der Waals surface area contributed by atoms with Crippen LogP contribution in [0.15, 0.2) is 23.0 Å². The summed E-state index contributed by atoms with van der Waals surface area (Å²) >= 11 is 0. The number of fused-ring (bicyclic) bond motifs is 1. The third kappa shape index (κ3) is 3.55. The van der Waals surface area contributed by atoms with E-state index in [0.717, 1.165) is 36.0 Å². The molecule has 1 saturated heterocycles. The Balaban J connectivity index is 1.54. The van der Waals surface area contributed by atoms with Gasteiger partial charge in [-0.05, 0) is 37.1 Å². The molecular formula is C15H20N4O3. The monoisotopic (exact) mass is 304 g/mol. The smallest absolute Gasteiger partial charge is 0.323 e. The number of nitrogens with zero attached hydrogens (tertiary/aromatic N) is 1. The molecule has 2 aromatic rings. The average Bonchev–Trinajstić information content (AvgIpc) is 2.84. The quantitative estimate of drug-likeness (QED) is 0.635. The van der Waals surface area contributed by atoms with E-state index in [-0.39, 0.29) is 17.7 Å². The van der Waals surface area contributed by atoms with Crippen molar-refractivity contribution < 1.29 is 9.90 Å². The van der Waals surface area contributed by atoms with Crippen LogP contribution in [0.5, 0.6) is 0 Å². The van der Waals surface area contributed by atoms with Gasteiger partial charge in [0.05, 0.1) is 23.7 Å². The van der Waals surface area contributed by atoms with Crippen LogP contribution in [-0.2, 0) is 11.3 Å². The van der Waals surface area contributed by atoms with E-state index in [1.54, 1.807) is 0 Å². The molecule has 1 aliphatic rings. The summed E-state index contributed by atoms with van der Waals surface area (Å²) in [6, 6.07) is 5.53. The van der Waals surface area contributed by atoms with Crippen molar-refractivity contribution in [2.75, 3.05) is 19.6 Å². The van der Waals surface area contributed by atoms with Crippen LogP contribution in [0, 0.1) is 0 Å². The lowest BCUT2D eigenvalue weighted by atomic mass is 10.1. The third-order valence-electron chi connectivity index (χ3n) is 3.92. The zero-order valence-corrected chi connectivity index (χ0v) is 12.3. The number of imidazole rings is 1. The molecule has 1 atom stereocenters. The Hall–Kier alpha value is -2.12. The van der Waals surface area contributed by atoms with Crippen molar-refractivity contribution in [3.8, 4) is 0 Å². The maximum absolute atomic E-state index is 12.0. The number of β-amino-alcohol motifs (C(OH)–C–C–N with tert-alkyl or cyclic N) is 1. The van der Waals surface area contributed by atoms with Gasteiger partial charge in [0.15, 0.2) is 0 Å². The molecule has 118 valence electrons. The topological polar surface area (TPSA) is 101 Å². The van der Waals surface area contributed by atoms with Gasteiger partial charge in [-0.15, -0.1) is 0 Å². The lowest BCUT2D eigenvalue weighted by molar-refractivity contribution is -0.123. The Kier molecular flexibility index (Phi) is 4.26. The minimum absolute atomic E-state index is 0.0586. The van der Waals surface area contributed by atoms with Gasteiger partial charge in [0.1, 0.15) is 0 Å². The zero-order chi connectivity index (χ0) is 15.5. The number of aromatic amines is 2. The first-order valence-corrected chi connectivity index (χ1v) is 7.48. The standard InChI is InChI=1S/C15H20N4O3/c20-11-2-1-5-19(8-11)9-14(21)16-7-10-3-4-12-13(6-10)18-15(22)17-12/h3-4,6,11,20H,1-2,5,7-9H2,(H,16,21)(H2,17,18,22)/t11-/m0/s1. The number of benzene rings is 1. The van der Waals surface area contributed by atoms with Gasteiger partial charge in [-0.25, -0.2) is 4.79 Å². The van der Waals surface area contributed by atoms with Crippen molar-refractivity contribution in [2.24, 2.45) is 0 Å². The number of aromatic nitrogens is 2. The fourth-order valence-electron chi connectivity index (χ4n) is 2.82. The second-order valence-corrected chi connectivity index (χ2v) is 5.77. The molecule has 7 nitrogen and oxygen atoms in total. The first-order chi connectivity index (χ1) is 10.6. The summed E-state index contributed by atoms with van der Waals surface area (Å²) in [4.78, 5) is 30.5. The van der Waals surface area contributed by atoms with Gasteiger partial charge in [0.2, 0.25) is 5.91 Å². The van der Waals surface area contributed by atoms with Crippen LogP contribution >= 0.6 is 0 Å². The van der Waals surface area contributed by atoms with E-state index in [9.17, 15) is 14.7 Å². The SMILES string of the molecule is O=C(CN1CCC[C@H](O)C1)NCc1ccc2[nH]c(=O)[nH]c2c1. The van der Waals surface area contributed by atoms with Crippen molar-refractivity contribution >= 4 is 16.9 Å². The maximum Gasteiger partial charge on any atom is 0.323 e. The van der Waals surface area contributed by atoms with Crippen LogP contribution in [0.25, 0.3) is 11.0 Å². The molecule has 1 aromatic heterocycles. The molecular weight excluding hydrogens is 284 g/mol. The summed E-state index contributed by atoms with van der Waals surface area (Å²) in [7, 11) is 0. The zero-order valence-electron chi connectivity index (χ0n) is 12.3. The van der Waals surface area contributed by atoms with Gasteiger partial charge in [-0.2, -0.15) is 0 Å². The van der Waals surface area contributed by atoms with Crippen molar-refractivity contribution in [2.45, 2.75) is 25.5 Å². The number of carbonyl (C=O) groups is 1. The van der Waals surface area contributed by atoms with E-state index in [1.807, 2.05) is 23.1 Å². The van der Waals surface area contributed by atoms with Crippen molar-refractivity contribution in [1.29, 1.82) is 0 Å². The number of piperidine rings is 1. The van der Waals surface area contributed by atoms with Crippen LogP contribution in [0.3, 0.4) is 0 Å². The van der Waals surface area contributed by atoms with Gasteiger partial charge < -0.3 is 20.4 Å². The van der Waals surface area contributed by atoms with Crippen LogP contribution in [0.4, 0.5) is 0 Å². The summed E-state index contributed by atoms with van der Waals surface area (Å²) in [5.74, 6) is -0.0586. The molecule has 0 unspecified atom stereocenters. The summed E-state index contributed by atoms with van der Waals surface area (Å²) in [6.07, 6.45) is 1.41. The highest BCUT2D eigenvalue weighted by molar-refractivity contribution is 5.78. The Labute approximate surface area is 127 Å². The van der Waals surface area contributed by atoms with E-state index in [2.05, 4.69) is 15.3 Å². The first-order valence-electron chi connectivity index (χ1n) is 7.48. The normalized spacial score (nSPS) is 19.4.